The van der Waals surface area contributed by atoms with Crippen LogP contribution in [0.15, 0.2) is 18.2 Å². The molecule has 1 N–H and O–H groups in total. The molecule has 12 heavy (non-hydrogen) atoms. The van der Waals surface area contributed by atoms with Crippen molar-refractivity contribution in [3.8, 4) is 5.75 Å². The van der Waals surface area contributed by atoms with Gasteiger partial charge in [0.25, 0.3) is 0 Å². The Morgan fingerprint density at radius 1 is 1.33 bits per heavy atom. The molecule has 0 amide bonds. The molecule has 0 bridgehead atoms. The van der Waals surface area contributed by atoms with Gasteiger partial charge >= 0.3 is 0 Å². The van der Waals surface area contributed by atoms with Crippen LogP contribution in [0.1, 0.15) is 18.1 Å². The second-order valence-electron chi connectivity index (χ2n) is 2.73. The normalized spacial score (nSPS) is 9.75. The topological polar surface area (TPSA) is 37.3 Å². The molecule has 0 saturated heterocycles. The predicted octanol–water partition coefficient (Wildman–Crippen LogP) is 1.70. The standard InChI is InChI=1S/C10H12O2/c1-2-8-5-9(3-4-11)7-10(12)6-8/h4-7,12H,2-3H2,1H3. The first-order chi connectivity index (χ1) is 5.76. The minimum Gasteiger partial charge on any atom is -0.508 e. The van der Waals surface area contributed by atoms with E-state index in [1.807, 2.05) is 13.0 Å². The number of rotatable bonds is 3. The number of phenolic OH excluding ortho intramolecular Hbond substituents is 1. The lowest BCUT2D eigenvalue weighted by molar-refractivity contribution is -0.107. The maximum absolute atomic E-state index is 10.2. The van der Waals surface area contributed by atoms with E-state index < -0.39 is 0 Å². The molecular formula is C10H12O2. The van der Waals surface area contributed by atoms with Crippen molar-refractivity contribution in [3.05, 3.63) is 29.3 Å². The zero-order chi connectivity index (χ0) is 8.97. The Hall–Kier alpha value is -1.31. The van der Waals surface area contributed by atoms with Gasteiger partial charge in [0.05, 0.1) is 0 Å². The van der Waals surface area contributed by atoms with Gasteiger partial charge in [-0.15, -0.1) is 0 Å². The zero-order valence-electron chi connectivity index (χ0n) is 7.08. The highest BCUT2D eigenvalue weighted by atomic mass is 16.3. The van der Waals surface area contributed by atoms with Crippen molar-refractivity contribution in [3.63, 3.8) is 0 Å². The summed E-state index contributed by atoms with van der Waals surface area (Å²) in [4.78, 5) is 10.2. The molecule has 1 rings (SSSR count). The van der Waals surface area contributed by atoms with Crippen LogP contribution in [-0.4, -0.2) is 11.4 Å². The minimum absolute atomic E-state index is 0.242. The van der Waals surface area contributed by atoms with Gasteiger partial charge in [-0.3, -0.25) is 0 Å². The van der Waals surface area contributed by atoms with Gasteiger partial charge in [-0.05, 0) is 29.7 Å². The molecule has 64 valence electrons. The number of aldehydes is 1. The van der Waals surface area contributed by atoms with E-state index in [1.165, 1.54) is 0 Å². The molecule has 1 aromatic carbocycles. The SMILES string of the molecule is CCc1cc(O)cc(CC=O)c1. The first-order valence-corrected chi connectivity index (χ1v) is 4.01. The molecule has 0 radical (unpaired) electrons. The van der Waals surface area contributed by atoms with Crippen LogP contribution in [0, 0.1) is 0 Å². The summed E-state index contributed by atoms with van der Waals surface area (Å²) in [5.41, 5.74) is 1.94. The average Bonchev–Trinajstić information content (AvgIpc) is 2.04. The van der Waals surface area contributed by atoms with Crippen molar-refractivity contribution in [1.29, 1.82) is 0 Å². The van der Waals surface area contributed by atoms with E-state index >= 15 is 0 Å². The first-order valence-electron chi connectivity index (χ1n) is 4.01. The van der Waals surface area contributed by atoms with Gasteiger partial charge in [-0.2, -0.15) is 0 Å². The average molecular weight is 164 g/mol. The molecule has 0 heterocycles. The van der Waals surface area contributed by atoms with Gasteiger partial charge in [0.2, 0.25) is 0 Å². The minimum atomic E-state index is 0.242. The molecule has 0 atom stereocenters. The van der Waals surface area contributed by atoms with Crippen LogP contribution in [0.5, 0.6) is 5.75 Å². The van der Waals surface area contributed by atoms with Crippen LogP contribution in [0.2, 0.25) is 0 Å². The fraction of sp³-hybridized carbons (Fsp3) is 0.300. The maximum atomic E-state index is 10.2. The number of hydrogen-bond donors (Lipinski definition) is 1. The summed E-state index contributed by atoms with van der Waals surface area (Å²) in [6.45, 7) is 2.01. The van der Waals surface area contributed by atoms with E-state index in [9.17, 15) is 9.90 Å². The Kier molecular flexibility index (Phi) is 2.86. The van der Waals surface area contributed by atoms with Crippen molar-refractivity contribution in [2.75, 3.05) is 0 Å². The van der Waals surface area contributed by atoms with E-state index in [2.05, 4.69) is 0 Å². The summed E-state index contributed by atoms with van der Waals surface area (Å²) in [7, 11) is 0. The number of aryl methyl sites for hydroxylation is 1. The van der Waals surface area contributed by atoms with E-state index in [1.54, 1.807) is 12.1 Å². The van der Waals surface area contributed by atoms with E-state index in [0.29, 0.717) is 6.42 Å². The third kappa shape index (κ3) is 2.09. The van der Waals surface area contributed by atoms with Crippen molar-refractivity contribution < 1.29 is 9.90 Å². The van der Waals surface area contributed by atoms with Crippen molar-refractivity contribution in [1.82, 2.24) is 0 Å². The van der Waals surface area contributed by atoms with Crippen LogP contribution in [0.25, 0.3) is 0 Å². The second-order valence-corrected chi connectivity index (χ2v) is 2.73. The number of phenols is 1. The third-order valence-corrected chi connectivity index (χ3v) is 1.76. The summed E-state index contributed by atoms with van der Waals surface area (Å²) in [6.07, 6.45) is 2.09. The van der Waals surface area contributed by atoms with E-state index in [0.717, 1.165) is 23.8 Å². The number of carbonyl (C=O) groups is 1. The lowest BCUT2D eigenvalue weighted by atomic mass is 10.1. The van der Waals surface area contributed by atoms with Crippen LogP contribution in [0.3, 0.4) is 0 Å². The van der Waals surface area contributed by atoms with Gasteiger partial charge in [0, 0.05) is 6.42 Å². The Bertz CT molecular complexity index is 279. The maximum Gasteiger partial charge on any atom is 0.124 e. The highest BCUT2D eigenvalue weighted by Gasteiger charge is 1.97. The van der Waals surface area contributed by atoms with Crippen LogP contribution in [0.4, 0.5) is 0 Å². The largest absolute Gasteiger partial charge is 0.508 e. The monoisotopic (exact) mass is 164 g/mol. The molecule has 0 aromatic heterocycles. The Morgan fingerprint density at radius 3 is 2.58 bits per heavy atom. The molecule has 0 unspecified atom stereocenters. The fourth-order valence-corrected chi connectivity index (χ4v) is 1.16. The summed E-state index contributed by atoms with van der Waals surface area (Å²) in [6, 6.07) is 5.27. The molecule has 2 nitrogen and oxygen atoms in total. The lowest BCUT2D eigenvalue weighted by Crippen LogP contribution is -1.88. The van der Waals surface area contributed by atoms with E-state index in [-0.39, 0.29) is 5.75 Å². The first kappa shape index (κ1) is 8.78. The molecule has 0 fully saturated rings. The molecule has 1 aromatic rings. The predicted molar refractivity (Wildman–Crippen MR) is 47.3 cm³/mol. The number of hydrogen-bond acceptors (Lipinski definition) is 2. The quantitative estimate of drug-likeness (QED) is 0.690. The Morgan fingerprint density at radius 2 is 2.00 bits per heavy atom. The van der Waals surface area contributed by atoms with Gasteiger partial charge in [-0.25, -0.2) is 0 Å². The Balaban J connectivity index is 2.97. The molecule has 0 aliphatic heterocycles. The second kappa shape index (κ2) is 3.90. The van der Waals surface area contributed by atoms with Gasteiger partial charge < -0.3 is 9.90 Å². The van der Waals surface area contributed by atoms with Crippen molar-refractivity contribution >= 4 is 6.29 Å². The van der Waals surface area contributed by atoms with Gasteiger partial charge in [-0.1, -0.05) is 13.0 Å². The van der Waals surface area contributed by atoms with Gasteiger partial charge in [0.1, 0.15) is 12.0 Å². The molecule has 2 heteroatoms. The van der Waals surface area contributed by atoms with E-state index in [4.69, 9.17) is 0 Å². The smallest absolute Gasteiger partial charge is 0.124 e. The zero-order valence-corrected chi connectivity index (χ0v) is 7.08. The molecule has 0 spiro atoms. The lowest BCUT2D eigenvalue weighted by Gasteiger charge is -2.01. The van der Waals surface area contributed by atoms with Crippen molar-refractivity contribution in [2.45, 2.75) is 19.8 Å². The highest BCUT2D eigenvalue weighted by molar-refractivity contribution is 5.55. The summed E-state index contributed by atoms with van der Waals surface area (Å²) < 4.78 is 0. The Labute approximate surface area is 71.8 Å². The fourth-order valence-electron chi connectivity index (χ4n) is 1.16. The summed E-state index contributed by atoms with van der Waals surface area (Å²) in [5, 5.41) is 9.24. The van der Waals surface area contributed by atoms with Crippen LogP contribution < -0.4 is 0 Å². The van der Waals surface area contributed by atoms with Crippen molar-refractivity contribution in [2.24, 2.45) is 0 Å². The third-order valence-electron chi connectivity index (χ3n) is 1.76. The molecular weight excluding hydrogens is 152 g/mol. The molecule has 0 aliphatic rings. The number of carbonyl (C=O) groups excluding carboxylic acids is 1. The summed E-state index contributed by atoms with van der Waals surface area (Å²) in [5.74, 6) is 0.242. The summed E-state index contributed by atoms with van der Waals surface area (Å²) >= 11 is 0. The highest BCUT2D eigenvalue weighted by Crippen LogP contribution is 2.15. The number of benzene rings is 1. The van der Waals surface area contributed by atoms with Crippen LogP contribution in [-0.2, 0) is 17.6 Å². The molecule has 0 saturated carbocycles. The van der Waals surface area contributed by atoms with Crippen LogP contribution >= 0.6 is 0 Å². The number of aromatic hydroxyl groups is 1. The van der Waals surface area contributed by atoms with Gasteiger partial charge in [0.15, 0.2) is 0 Å². The molecule has 0 aliphatic carbocycles.